The van der Waals surface area contributed by atoms with E-state index in [1.807, 2.05) is 19.9 Å². The van der Waals surface area contributed by atoms with Crippen LogP contribution in [0.15, 0.2) is 52.4 Å². The number of nitrogens with zero attached hydrogens (tertiary/aromatic N) is 3. The molecular formula is C25H29Cl2N5O4. The molecule has 0 aromatic heterocycles. The van der Waals surface area contributed by atoms with E-state index in [4.69, 9.17) is 58.9 Å². The highest BCUT2D eigenvalue weighted by molar-refractivity contribution is 6.42. The fourth-order valence-corrected chi connectivity index (χ4v) is 3.92. The lowest BCUT2D eigenvalue weighted by atomic mass is 10.1. The molecule has 0 saturated carbocycles. The van der Waals surface area contributed by atoms with Crippen LogP contribution >= 0.6 is 23.2 Å². The van der Waals surface area contributed by atoms with E-state index in [1.165, 1.54) is 0 Å². The summed E-state index contributed by atoms with van der Waals surface area (Å²) < 4.78 is 21.6. The molecule has 0 fully saturated rings. The molecule has 2 aromatic rings. The van der Waals surface area contributed by atoms with Crippen LogP contribution in [0.1, 0.15) is 32.3 Å². The molecule has 0 saturated heterocycles. The summed E-state index contributed by atoms with van der Waals surface area (Å²) in [5.41, 5.74) is 11.5. The van der Waals surface area contributed by atoms with Gasteiger partial charge in [0.1, 0.15) is 24.7 Å². The van der Waals surface area contributed by atoms with E-state index in [2.05, 4.69) is 16.1 Å². The van der Waals surface area contributed by atoms with Crippen molar-refractivity contribution >= 4 is 35.2 Å². The van der Waals surface area contributed by atoms with Gasteiger partial charge in [0.15, 0.2) is 0 Å². The molecule has 2 aliphatic rings. The summed E-state index contributed by atoms with van der Waals surface area (Å²) in [6.07, 6.45) is 1.45. The van der Waals surface area contributed by atoms with Crippen molar-refractivity contribution in [2.24, 2.45) is 21.5 Å². The highest BCUT2D eigenvalue weighted by Gasteiger charge is 2.21. The van der Waals surface area contributed by atoms with Gasteiger partial charge >= 0.3 is 0 Å². The van der Waals surface area contributed by atoms with Gasteiger partial charge < -0.3 is 30.4 Å². The minimum absolute atomic E-state index is 0.00880. The number of benzene rings is 2. The highest BCUT2D eigenvalue weighted by Crippen LogP contribution is 2.27. The maximum absolute atomic E-state index is 8.80. The maximum atomic E-state index is 8.80. The molecule has 2 heterocycles. The van der Waals surface area contributed by atoms with Crippen LogP contribution in [-0.2, 0) is 9.47 Å². The number of ether oxygens (including phenoxy) is 4. The Balaban J connectivity index is 0.000000201. The largest absolute Gasteiger partial charge is 0.491 e. The molecule has 0 radical (unpaired) electrons. The van der Waals surface area contributed by atoms with Crippen LogP contribution in [0.25, 0.3) is 0 Å². The third-order valence-corrected chi connectivity index (χ3v) is 5.94. The van der Waals surface area contributed by atoms with E-state index in [1.54, 1.807) is 36.4 Å². The lowest BCUT2D eigenvalue weighted by molar-refractivity contribution is 0.189. The number of aliphatic imine (C=N–C) groups is 2. The van der Waals surface area contributed by atoms with Gasteiger partial charge in [-0.1, -0.05) is 29.3 Å². The van der Waals surface area contributed by atoms with Crippen molar-refractivity contribution in [3.8, 4) is 17.6 Å². The van der Waals surface area contributed by atoms with Crippen LogP contribution in [0, 0.1) is 11.3 Å². The number of nitriles is 1. The Labute approximate surface area is 220 Å². The number of hydrogen-bond acceptors (Lipinski definition) is 9. The van der Waals surface area contributed by atoms with Gasteiger partial charge in [-0.15, -0.1) is 0 Å². The molecule has 0 aliphatic carbocycles. The van der Waals surface area contributed by atoms with Gasteiger partial charge in [0, 0.05) is 18.9 Å². The first-order chi connectivity index (χ1) is 17.2. The summed E-state index contributed by atoms with van der Waals surface area (Å²) >= 11 is 11.8. The van der Waals surface area contributed by atoms with Crippen LogP contribution in [-0.4, -0.2) is 49.5 Å². The van der Waals surface area contributed by atoms with Crippen molar-refractivity contribution in [1.82, 2.24) is 0 Å². The lowest BCUT2D eigenvalue weighted by Crippen LogP contribution is -2.20. The molecule has 192 valence electrons. The first-order valence-electron chi connectivity index (χ1n) is 11.4. The molecule has 11 heteroatoms. The van der Waals surface area contributed by atoms with E-state index < -0.39 is 0 Å². The van der Waals surface area contributed by atoms with Crippen molar-refractivity contribution in [3.63, 3.8) is 0 Å². The van der Waals surface area contributed by atoms with Crippen molar-refractivity contribution in [1.29, 1.82) is 5.26 Å². The molecule has 9 nitrogen and oxygen atoms in total. The molecule has 2 aromatic carbocycles. The van der Waals surface area contributed by atoms with Gasteiger partial charge in [-0.2, -0.15) is 5.26 Å². The van der Waals surface area contributed by atoms with E-state index in [0.29, 0.717) is 40.3 Å². The van der Waals surface area contributed by atoms with Gasteiger partial charge in [0.25, 0.3) is 12.0 Å². The van der Waals surface area contributed by atoms with Crippen molar-refractivity contribution in [2.45, 2.75) is 51.0 Å². The minimum Gasteiger partial charge on any atom is -0.491 e. The van der Waals surface area contributed by atoms with Gasteiger partial charge in [-0.3, -0.25) is 0 Å². The Morgan fingerprint density at radius 3 is 1.94 bits per heavy atom. The van der Waals surface area contributed by atoms with E-state index in [-0.39, 0.29) is 36.3 Å². The molecule has 0 spiro atoms. The van der Waals surface area contributed by atoms with Crippen LogP contribution in [0.2, 0.25) is 10.0 Å². The standard InChI is InChI=1S/C13H15N3O2.C12H14Cl2N2O2/c1-9(5-11-8-17-13(15)16-11)18-12-4-2-3-10(6-12)7-14;1-7(4-8-6-17-12(15)16-8)18-9-2-3-10(13)11(14)5-9/h2-4,6,9,11H,5,8H2,1H3,(H2,15,16);2-3,5,7-8H,4,6H2,1H3,(H2,15,16)/t9-,11-;7-,8-/m00/s1. The summed E-state index contributed by atoms with van der Waals surface area (Å²) in [5.74, 6) is 1.38. The maximum Gasteiger partial charge on any atom is 0.282 e. The van der Waals surface area contributed by atoms with Gasteiger partial charge in [-0.05, 0) is 44.2 Å². The number of amidine groups is 2. The summed E-state index contributed by atoms with van der Waals surface area (Å²) in [6.45, 7) is 4.95. The Morgan fingerprint density at radius 2 is 1.47 bits per heavy atom. The highest BCUT2D eigenvalue weighted by atomic mass is 35.5. The topological polar surface area (TPSA) is 137 Å². The number of nitrogens with two attached hydrogens (primary N) is 2. The Kier molecular flexibility index (Phi) is 9.91. The molecule has 0 amide bonds. The monoisotopic (exact) mass is 533 g/mol. The summed E-state index contributed by atoms with van der Waals surface area (Å²) in [5, 5.41) is 9.79. The third kappa shape index (κ3) is 8.70. The van der Waals surface area contributed by atoms with Crippen molar-refractivity contribution in [3.05, 3.63) is 58.1 Å². The molecule has 4 rings (SSSR count). The minimum atomic E-state index is -0.0119. The summed E-state index contributed by atoms with van der Waals surface area (Å²) in [6, 6.07) is 15.0. The SMILES string of the molecule is C[C@@H](C[C@H]1COC(N)=N1)Oc1ccc(Cl)c(Cl)c1.C[C@@H](C[C@H]1COC(N)=N1)Oc1cccc(C#N)c1. The molecule has 36 heavy (non-hydrogen) atoms. The van der Waals surface area contributed by atoms with Crippen LogP contribution in [0.4, 0.5) is 0 Å². The lowest BCUT2D eigenvalue weighted by Gasteiger charge is -2.16. The molecule has 0 unspecified atom stereocenters. The molecule has 0 bridgehead atoms. The second-order valence-corrected chi connectivity index (χ2v) is 9.22. The molecule has 2 aliphatic heterocycles. The van der Waals surface area contributed by atoms with Crippen LogP contribution < -0.4 is 20.9 Å². The number of rotatable bonds is 8. The van der Waals surface area contributed by atoms with Gasteiger partial charge in [0.05, 0.1) is 46.0 Å². The summed E-state index contributed by atoms with van der Waals surface area (Å²) in [7, 11) is 0. The zero-order valence-electron chi connectivity index (χ0n) is 20.1. The molecule has 4 N–H and O–H groups in total. The average Bonchev–Trinajstić information content (AvgIpc) is 3.43. The van der Waals surface area contributed by atoms with E-state index >= 15 is 0 Å². The summed E-state index contributed by atoms with van der Waals surface area (Å²) in [4.78, 5) is 8.29. The number of halogens is 2. The normalized spacial score (nSPS) is 19.9. The second-order valence-electron chi connectivity index (χ2n) is 8.41. The fraction of sp³-hybridized carbons (Fsp3) is 0.400. The van der Waals surface area contributed by atoms with Gasteiger partial charge in [-0.25, -0.2) is 9.98 Å². The quantitative estimate of drug-likeness (QED) is 0.515. The van der Waals surface area contributed by atoms with E-state index in [9.17, 15) is 0 Å². The predicted octanol–water partition coefficient (Wildman–Crippen LogP) is 4.29. The van der Waals surface area contributed by atoms with Crippen LogP contribution in [0.3, 0.4) is 0 Å². The first-order valence-corrected chi connectivity index (χ1v) is 12.2. The first kappa shape index (κ1) is 27.2. The smallest absolute Gasteiger partial charge is 0.282 e. The zero-order chi connectivity index (χ0) is 26.1. The van der Waals surface area contributed by atoms with Gasteiger partial charge in [0.2, 0.25) is 0 Å². The van der Waals surface area contributed by atoms with Crippen molar-refractivity contribution < 1.29 is 18.9 Å². The molecule has 4 atom stereocenters. The fourth-order valence-electron chi connectivity index (χ4n) is 3.63. The second kappa shape index (κ2) is 13.1. The van der Waals surface area contributed by atoms with Crippen LogP contribution in [0.5, 0.6) is 11.5 Å². The average molecular weight is 534 g/mol. The third-order valence-electron chi connectivity index (χ3n) is 5.20. The molecular weight excluding hydrogens is 505 g/mol. The van der Waals surface area contributed by atoms with E-state index in [0.717, 1.165) is 12.8 Å². The predicted molar refractivity (Wildman–Crippen MR) is 140 cm³/mol. The van der Waals surface area contributed by atoms with Crippen molar-refractivity contribution in [2.75, 3.05) is 13.2 Å². The Morgan fingerprint density at radius 1 is 0.917 bits per heavy atom. The number of hydrogen-bond donors (Lipinski definition) is 2. The zero-order valence-corrected chi connectivity index (χ0v) is 21.6. The Hall–Kier alpha value is -3.35. The Bertz CT molecular complexity index is 1140.